The Morgan fingerprint density at radius 1 is 1.25 bits per heavy atom. The van der Waals surface area contributed by atoms with Crippen LogP contribution in [0.4, 0.5) is 11.5 Å². The number of sulfonamides is 1. The van der Waals surface area contributed by atoms with E-state index in [9.17, 15) is 8.42 Å². The second kappa shape index (κ2) is 5.09. The third kappa shape index (κ3) is 2.57. The lowest BCUT2D eigenvalue weighted by Gasteiger charge is -2.18. The Morgan fingerprint density at radius 3 is 2.95 bits per heavy atom. The molecule has 2 aromatic rings. The maximum Gasteiger partial charge on any atom is 0.263 e. The third-order valence-electron chi connectivity index (χ3n) is 3.15. The SMILES string of the molecule is O=S(=O)(Nc1ccncn1)c1ccc2c(c1)CCCN2. The van der Waals surface area contributed by atoms with Crippen molar-refractivity contribution in [3.8, 4) is 0 Å². The van der Waals surface area contributed by atoms with Gasteiger partial charge in [-0.3, -0.25) is 4.72 Å². The van der Waals surface area contributed by atoms with Crippen molar-refractivity contribution in [1.82, 2.24) is 9.97 Å². The van der Waals surface area contributed by atoms with Crippen LogP contribution in [-0.4, -0.2) is 24.9 Å². The molecule has 104 valence electrons. The molecular formula is C13H14N4O2S. The quantitative estimate of drug-likeness (QED) is 0.897. The average Bonchev–Trinajstić information content (AvgIpc) is 2.47. The summed E-state index contributed by atoms with van der Waals surface area (Å²) >= 11 is 0. The summed E-state index contributed by atoms with van der Waals surface area (Å²) < 4.78 is 27.0. The summed E-state index contributed by atoms with van der Waals surface area (Å²) in [4.78, 5) is 7.86. The minimum atomic E-state index is -3.61. The average molecular weight is 290 g/mol. The zero-order valence-corrected chi connectivity index (χ0v) is 11.5. The highest BCUT2D eigenvalue weighted by molar-refractivity contribution is 7.92. The minimum absolute atomic E-state index is 0.249. The number of fused-ring (bicyclic) bond motifs is 1. The highest BCUT2D eigenvalue weighted by Gasteiger charge is 2.18. The summed E-state index contributed by atoms with van der Waals surface area (Å²) in [6, 6.07) is 6.63. The van der Waals surface area contributed by atoms with Crippen molar-refractivity contribution in [2.75, 3.05) is 16.6 Å². The van der Waals surface area contributed by atoms with Gasteiger partial charge in [0.15, 0.2) is 0 Å². The van der Waals surface area contributed by atoms with E-state index < -0.39 is 10.0 Å². The minimum Gasteiger partial charge on any atom is -0.385 e. The summed E-state index contributed by atoms with van der Waals surface area (Å²) in [6.07, 6.45) is 4.69. The monoisotopic (exact) mass is 290 g/mol. The van der Waals surface area contributed by atoms with E-state index in [-0.39, 0.29) is 10.7 Å². The summed E-state index contributed by atoms with van der Waals surface area (Å²) in [7, 11) is -3.61. The molecule has 0 saturated carbocycles. The number of nitrogens with one attached hydrogen (secondary N) is 2. The Kier molecular flexibility index (Phi) is 3.27. The molecular weight excluding hydrogens is 276 g/mol. The van der Waals surface area contributed by atoms with Gasteiger partial charge in [0.25, 0.3) is 10.0 Å². The molecule has 0 amide bonds. The van der Waals surface area contributed by atoms with Gasteiger partial charge in [0.2, 0.25) is 0 Å². The Labute approximate surface area is 117 Å². The first-order valence-electron chi connectivity index (χ1n) is 6.31. The normalized spacial score (nSPS) is 14.2. The van der Waals surface area contributed by atoms with Crippen molar-refractivity contribution >= 4 is 21.5 Å². The van der Waals surface area contributed by atoms with Gasteiger partial charge >= 0.3 is 0 Å². The molecule has 1 aromatic heterocycles. The van der Waals surface area contributed by atoms with E-state index in [1.54, 1.807) is 12.1 Å². The maximum atomic E-state index is 12.3. The summed E-state index contributed by atoms with van der Waals surface area (Å²) in [5.74, 6) is 0.260. The van der Waals surface area contributed by atoms with Crippen LogP contribution in [0.2, 0.25) is 0 Å². The smallest absolute Gasteiger partial charge is 0.263 e. The number of hydrogen-bond acceptors (Lipinski definition) is 5. The van der Waals surface area contributed by atoms with Crippen LogP contribution in [0.25, 0.3) is 0 Å². The van der Waals surface area contributed by atoms with Crippen molar-refractivity contribution in [1.29, 1.82) is 0 Å². The molecule has 0 unspecified atom stereocenters. The number of anilines is 2. The lowest BCUT2D eigenvalue weighted by atomic mass is 10.0. The molecule has 3 rings (SSSR count). The molecule has 0 radical (unpaired) electrons. The van der Waals surface area contributed by atoms with E-state index in [2.05, 4.69) is 20.0 Å². The van der Waals surface area contributed by atoms with Gasteiger partial charge in [-0.15, -0.1) is 0 Å². The first-order chi connectivity index (χ1) is 9.65. The molecule has 1 aliphatic rings. The molecule has 0 aliphatic carbocycles. The van der Waals surface area contributed by atoms with Crippen molar-refractivity contribution < 1.29 is 8.42 Å². The van der Waals surface area contributed by atoms with Gasteiger partial charge in [0, 0.05) is 18.4 Å². The Bertz CT molecular complexity index is 716. The molecule has 1 aromatic carbocycles. The van der Waals surface area contributed by atoms with Gasteiger partial charge in [-0.2, -0.15) is 0 Å². The molecule has 6 nitrogen and oxygen atoms in total. The third-order valence-corrected chi connectivity index (χ3v) is 4.50. The van der Waals surface area contributed by atoms with Crippen molar-refractivity contribution in [3.05, 3.63) is 42.4 Å². The van der Waals surface area contributed by atoms with E-state index in [0.717, 1.165) is 30.6 Å². The Hall–Kier alpha value is -2.15. The second-order valence-electron chi connectivity index (χ2n) is 4.55. The van der Waals surface area contributed by atoms with Gasteiger partial charge in [-0.05, 0) is 42.7 Å². The van der Waals surface area contributed by atoms with Gasteiger partial charge in [0.05, 0.1) is 4.90 Å². The number of nitrogens with zero attached hydrogens (tertiary/aromatic N) is 2. The maximum absolute atomic E-state index is 12.3. The number of hydrogen-bond donors (Lipinski definition) is 2. The first kappa shape index (κ1) is 12.9. The Morgan fingerprint density at radius 2 is 2.15 bits per heavy atom. The van der Waals surface area contributed by atoms with Crippen molar-refractivity contribution in [2.45, 2.75) is 17.7 Å². The highest BCUT2D eigenvalue weighted by Crippen LogP contribution is 2.25. The molecule has 20 heavy (non-hydrogen) atoms. The van der Waals surface area contributed by atoms with Crippen LogP contribution in [0, 0.1) is 0 Å². The number of aryl methyl sites for hydroxylation is 1. The predicted octanol–water partition coefficient (Wildman–Crippen LogP) is 1.64. The standard InChI is InChI=1S/C13H14N4O2S/c18-20(19,17-13-5-7-14-9-16-13)11-3-4-12-10(8-11)2-1-6-15-12/h3-5,7-9,15H,1-2,6H2,(H,14,16,17). The van der Waals surface area contributed by atoms with E-state index in [1.807, 2.05) is 6.07 Å². The molecule has 0 spiro atoms. The van der Waals surface area contributed by atoms with E-state index in [0.29, 0.717) is 0 Å². The molecule has 2 N–H and O–H groups in total. The fourth-order valence-corrected chi connectivity index (χ4v) is 3.22. The molecule has 1 aliphatic heterocycles. The van der Waals surface area contributed by atoms with Crippen molar-refractivity contribution in [3.63, 3.8) is 0 Å². The van der Waals surface area contributed by atoms with Crippen LogP contribution in [0.15, 0.2) is 41.7 Å². The fraction of sp³-hybridized carbons (Fsp3) is 0.231. The molecule has 0 saturated heterocycles. The van der Waals surface area contributed by atoms with Crippen LogP contribution < -0.4 is 10.0 Å². The molecule has 0 fully saturated rings. The predicted molar refractivity (Wildman–Crippen MR) is 76.1 cm³/mol. The van der Waals surface area contributed by atoms with Gasteiger partial charge in [-0.1, -0.05) is 0 Å². The van der Waals surface area contributed by atoms with Crippen LogP contribution >= 0.6 is 0 Å². The van der Waals surface area contributed by atoms with Gasteiger partial charge < -0.3 is 5.32 Å². The lowest BCUT2D eigenvalue weighted by molar-refractivity contribution is 0.601. The molecule has 7 heteroatoms. The van der Waals surface area contributed by atoms with Crippen LogP contribution in [0.3, 0.4) is 0 Å². The summed E-state index contributed by atoms with van der Waals surface area (Å²) in [6.45, 7) is 0.929. The molecule has 2 heterocycles. The zero-order valence-electron chi connectivity index (χ0n) is 10.7. The number of rotatable bonds is 3. The largest absolute Gasteiger partial charge is 0.385 e. The fourth-order valence-electron chi connectivity index (χ4n) is 2.17. The number of benzene rings is 1. The van der Waals surface area contributed by atoms with E-state index in [1.165, 1.54) is 18.6 Å². The second-order valence-corrected chi connectivity index (χ2v) is 6.23. The number of aromatic nitrogens is 2. The van der Waals surface area contributed by atoms with E-state index >= 15 is 0 Å². The van der Waals surface area contributed by atoms with Crippen LogP contribution in [0.5, 0.6) is 0 Å². The van der Waals surface area contributed by atoms with Gasteiger partial charge in [-0.25, -0.2) is 18.4 Å². The van der Waals surface area contributed by atoms with E-state index in [4.69, 9.17) is 0 Å². The molecule has 0 bridgehead atoms. The zero-order chi connectivity index (χ0) is 14.0. The Balaban J connectivity index is 1.91. The van der Waals surface area contributed by atoms with Crippen LogP contribution in [0.1, 0.15) is 12.0 Å². The summed E-state index contributed by atoms with van der Waals surface area (Å²) in [5.41, 5.74) is 2.04. The summed E-state index contributed by atoms with van der Waals surface area (Å²) in [5, 5.41) is 3.26. The molecule has 0 atom stereocenters. The highest BCUT2D eigenvalue weighted by atomic mass is 32.2. The van der Waals surface area contributed by atoms with Gasteiger partial charge in [0.1, 0.15) is 12.1 Å². The van der Waals surface area contributed by atoms with Crippen molar-refractivity contribution in [2.24, 2.45) is 0 Å². The lowest BCUT2D eigenvalue weighted by Crippen LogP contribution is -2.16. The van der Waals surface area contributed by atoms with Crippen LogP contribution in [-0.2, 0) is 16.4 Å². The topological polar surface area (TPSA) is 84.0 Å². The first-order valence-corrected chi connectivity index (χ1v) is 7.79.